The summed E-state index contributed by atoms with van der Waals surface area (Å²) < 4.78 is 17.0. The van der Waals surface area contributed by atoms with Crippen LogP contribution in [0.3, 0.4) is 0 Å². The molecule has 0 rings (SSSR count). The van der Waals surface area contributed by atoms with Crippen LogP contribution in [-0.2, 0) is 28.6 Å². The van der Waals surface area contributed by atoms with E-state index in [2.05, 4.69) is 93.7 Å². The van der Waals surface area contributed by atoms with Gasteiger partial charge in [-0.3, -0.25) is 14.4 Å². The van der Waals surface area contributed by atoms with Gasteiger partial charge in [-0.05, 0) is 89.9 Å². The first-order chi connectivity index (χ1) is 41.0. The molecule has 0 aromatic heterocycles. The van der Waals surface area contributed by atoms with Gasteiger partial charge in [-0.1, -0.05) is 344 Å². The van der Waals surface area contributed by atoms with Crippen LogP contribution in [0.2, 0.25) is 0 Å². The number of allylic oxidation sites excluding steroid dienone is 12. The Morgan fingerprint density at radius 3 is 0.759 bits per heavy atom. The lowest BCUT2D eigenvalue weighted by molar-refractivity contribution is -0.167. The average molecular weight is 1160 g/mol. The van der Waals surface area contributed by atoms with Crippen LogP contribution in [-0.4, -0.2) is 37.2 Å². The predicted octanol–water partition coefficient (Wildman–Crippen LogP) is 25.2. The molecule has 0 aliphatic heterocycles. The van der Waals surface area contributed by atoms with Gasteiger partial charge in [-0.15, -0.1) is 0 Å². The predicted molar refractivity (Wildman–Crippen MR) is 362 cm³/mol. The molecule has 0 spiro atoms. The summed E-state index contributed by atoms with van der Waals surface area (Å²) in [6.07, 6.45) is 93.6. The molecule has 0 N–H and O–H groups in total. The fourth-order valence-corrected chi connectivity index (χ4v) is 10.8. The fourth-order valence-electron chi connectivity index (χ4n) is 10.8. The minimum absolute atomic E-state index is 0.0726. The molecule has 0 aromatic carbocycles. The van der Waals surface area contributed by atoms with Crippen molar-refractivity contribution in [1.29, 1.82) is 0 Å². The van der Waals surface area contributed by atoms with E-state index in [1.165, 1.54) is 244 Å². The lowest BCUT2D eigenvalue weighted by atomic mass is 10.0. The molecule has 0 aliphatic rings. The Labute approximate surface area is 516 Å². The number of esters is 3. The summed E-state index contributed by atoms with van der Waals surface area (Å²) in [6, 6.07) is 0. The summed E-state index contributed by atoms with van der Waals surface area (Å²) >= 11 is 0. The fraction of sp³-hybridized carbons (Fsp3) is 0.805. The van der Waals surface area contributed by atoms with Crippen molar-refractivity contribution in [3.63, 3.8) is 0 Å². The number of unbranched alkanes of at least 4 members (excludes halogenated alkanes) is 44. The number of rotatable bonds is 67. The van der Waals surface area contributed by atoms with Crippen LogP contribution in [0.15, 0.2) is 72.9 Å². The zero-order valence-corrected chi connectivity index (χ0v) is 55.5. The zero-order valence-electron chi connectivity index (χ0n) is 55.5. The zero-order chi connectivity index (χ0) is 59.9. The monoisotopic (exact) mass is 1160 g/mol. The lowest BCUT2D eigenvalue weighted by Crippen LogP contribution is -2.30. The van der Waals surface area contributed by atoms with Gasteiger partial charge < -0.3 is 14.2 Å². The molecule has 0 saturated carbocycles. The second-order valence-corrected chi connectivity index (χ2v) is 24.5. The molecule has 6 nitrogen and oxygen atoms in total. The Bertz CT molecular complexity index is 1520. The van der Waals surface area contributed by atoms with Crippen LogP contribution in [0.4, 0.5) is 0 Å². The SMILES string of the molecule is CC/C=C\C/C=C\C/C=C\C/C=C\CCCCCCCCCCCCCCCCCCC(=O)OCC(COC(=O)CCCCCCCCC/C=C\C/C=C\CCCCC)OC(=O)CCCCCCCCCCCCCCCCCCCCC. The minimum Gasteiger partial charge on any atom is -0.462 e. The van der Waals surface area contributed by atoms with Crippen molar-refractivity contribution in [2.45, 2.75) is 386 Å². The first kappa shape index (κ1) is 79.8. The molecule has 0 aromatic rings. The molecule has 1 atom stereocenters. The molecular formula is C77H138O6. The molecular weight excluding hydrogens is 1020 g/mol. The molecule has 0 radical (unpaired) electrons. The standard InChI is InChI=1S/C77H138O6/c1-4-7-10-13-16-19-22-25-28-31-33-34-35-36-37-38-39-40-41-42-44-46-49-52-55-58-61-64-67-70-76(79)82-73-74(72-81-75(78)69-66-63-60-57-54-51-48-45-30-27-24-21-18-15-12-9-6-3)83-77(80)71-68-65-62-59-56-53-50-47-43-32-29-26-23-20-17-14-11-8-5-2/h7,10,16,18-19,21,25,27-28,30,33-34,74H,4-6,8-9,11-15,17,20,22-24,26,29,31-32,35-73H2,1-3H3/b10-7-,19-16-,21-18-,28-25-,30-27-,34-33-. The highest BCUT2D eigenvalue weighted by atomic mass is 16.6. The highest BCUT2D eigenvalue weighted by molar-refractivity contribution is 5.71. The van der Waals surface area contributed by atoms with E-state index in [1.807, 2.05) is 0 Å². The maximum atomic E-state index is 13.0. The molecule has 83 heavy (non-hydrogen) atoms. The van der Waals surface area contributed by atoms with Crippen LogP contribution < -0.4 is 0 Å². The van der Waals surface area contributed by atoms with Gasteiger partial charge in [0.25, 0.3) is 0 Å². The topological polar surface area (TPSA) is 78.9 Å². The minimum atomic E-state index is -0.777. The molecule has 0 bridgehead atoms. The second-order valence-electron chi connectivity index (χ2n) is 24.5. The van der Waals surface area contributed by atoms with Gasteiger partial charge in [0.05, 0.1) is 0 Å². The maximum absolute atomic E-state index is 13.0. The van der Waals surface area contributed by atoms with E-state index in [9.17, 15) is 14.4 Å². The highest BCUT2D eigenvalue weighted by Crippen LogP contribution is 2.18. The Kier molecular flexibility index (Phi) is 68.6. The number of ether oxygens (including phenoxy) is 3. The van der Waals surface area contributed by atoms with Crippen LogP contribution in [0, 0.1) is 0 Å². The quantitative estimate of drug-likeness (QED) is 0.0261. The number of carbonyl (C=O) groups is 3. The molecule has 6 heteroatoms. The summed E-state index contributed by atoms with van der Waals surface area (Å²) in [7, 11) is 0. The maximum Gasteiger partial charge on any atom is 0.306 e. The van der Waals surface area contributed by atoms with Gasteiger partial charge in [0.1, 0.15) is 13.2 Å². The Balaban J connectivity index is 4.26. The molecule has 0 saturated heterocycles. The third-order valence-electron chi connectivity index (χ3n) is 16.2. The van der Waals surface area contributed by atoms with Crippen LogP contribution >= 0.6 is 0 Å². The first-order valence-electron chi connectivity index (χ1n) is 36.4. The smallest absolute Gasteiger partial charge is 0.306 e. The number of hydrogen-bond acceptors (Lipinski definition) is 6. The summed E-state index contributed by atoms with van der Waals surface area (Å²) in [5.74, 6) is -0.854. The van der Waals surface area contributed by atoms with Crippen molar-refractivity contribution >= 4 is 17.9 Å². The molecule has 0 amide bonds. The average Bonchev–Trinajstić information content (AvgIpc) is 3.49. The Hall–Kier alpha value is -3.15. The van der Waals surface area contributed by atoms with Crippen LogP contribution in [0.25, 0.3) is 0 Å². The Morgan fingerprint density at radius 2 is 0.470 bits per heavy atom. The lowest BCUT2D eigenvalue weighted by Gasteiger charge is -2.18. The van der Waals surface area contributed by atoms with E-state index >= 15 is 0 Å². The van der Waals surface area contributed by atoms with E-state index in [0.29, 0.717) is 19.3 Å². The van der Waals surface area contributed by atoms with Crippen molar-refractivity contribution < 1.29 is 28.6 Å². The highest BCUT2D eigenvalue weighted by Gasteiger charge is 2.19. The van der Waals surface area contributed by atoms with E-state index in [1.54, 1.807) is 0 Å². The van der Waals surface area contributed by atoms with Crippen LogP contribution in [0.5, 0.6) is 0 Å². The third-order valence-corrected chi connectivity index (χ3v) is 16.2. The van der Waals surface area contributed by atoms with E-state index in [-0.39, 0.29) is 31.1 Å². The van der Waals surface area contributed by atoms with E-state index in [0.717, 1.165) is 96.3 Å². The summed E-state index contributed by atoms with van der Waals surface area (Å²) in [5, 5.41) is 0. The van der Waals surface area contributed by atoms with Crippen LogP contribution in [0.1, 0.15) is 380 Å². The molecule has 0 fully saturated rings. The summed E-state index contributed by atoms with van der Waals surface area (Å²) in [6.45, 7) is 6.56. The first-order valence-corrected chi connectivity index (χ1v) is 36.4. The van der Waals surface area contributed by atoms with Gasteiger partial charge in [-0.25, -0.2) is 0 Å². The van der Waals surface area contributed by atoms with E-state index in [4.69, 9.17) is 14.2 Å². The summed E-state index contributed by atoms with van der Waals surface area (Å²) in [4.78, 5) is 38.5. The largest absolute Gasteiger partial charge is 0.462 e. The second kappa shape index (κ2) is 71.3. The molecule has 0 aliphatic carbocycles. The Morgan fingerprint density at radius 1 is 0.253 bits per heavy atom. The summed E-state index contributed by atoms with van der Waals surface area (Å²) in [5.41, 5.74) is 0. The molecule has 0 heterocycles. The normalized spacial score (nSPS) is 12.5. The van der Waals surface area contributed by atoms with Crippen molar-refractivity contribution in [3.05, 3.63) is 72.9 Å². The number of carbonyl (C=O) groups excluding carboxylic acids is 3. The van der Waals surface area contributed by atoms with Gasteiger partial charge in [0.2, 0.25) is 0 Å². The van der Waals surface area contributed by atoms with Gasteiger partial charge in [0.15, 0.2) is 6.10 Å². The molecule has 482 valence electrons. The van der Waals surface area contributed by atoms with Gasteiger partial charge in [0, 0.05) is 19.3 Å². The number of hydrogen-bond donors (Lipinski definition) is 0. The van der Waals surface area contributed by atoms with Crippen molar-refractivity contribution in [1.82, 2.24) is 0 Å². The van der Waals surface area contributed by atoms with E-state index < -0.39 is 6.10 Å². The van der Waals surface area contributed by atoms with Crippen molar-refractivity contribution in [3.8, 4) is 0 Å². The third kappa shape index (κ3) is 69.5. The van der Waals surface area contributed by atoms with Gasteiger partial charge >= 0.3 is 17.9 Å². The van der Waals surface area contributed by atoms with Crippen molar-refractivity contribution in [2.75, 3.05) is 13.2 Å². The van der Waals surface area contributed by atoms with Gasteiger partial charge in [-0.2, -0.15) is 0 Å². The molecule has 1 unspecified atom stereocenters. The van der Waals surface area contributed by atoms with Crippen molar-refractivity contribution in [2.24, 2.45) is 0 Å².